The van der Waals surface area contributed by atoms with E-state index >= 15 is 0 Å². The van der Waals surface area contributed by atoms with Crippen molar-refractivity contribution in [2.24, 2.45) is 0 Å². The minimum absolute atomic E-state index is 0.0777. The summed E-state index contributed by atoms with van der Waals surface area (Å²) < 4.78 is 10.1. The molecule has 6 aromatic rings. The van der Waals surface area contributed by atoms with Crippen LogP contribution in [0.25, 0.3) is 33.4 Å². The summed E-state index contributed by atoms with van der Waals surface area (Å²) in [5, 5.41) is 38.6. The third-order valence-electron chi connectivity index (χ3n) is 7.43. The van der Waals surface area contributed by atoms with Gasteiger partial charge in [-0.05, 0) is 91.9 Å². The van der Waals surface area contributed by atoms with Crippen LogP contribution in [0.1, 0.15) is 30.0 Å². The molecule has 0 spiro atoms. The Hall–Kier alpha value is -6.01. The number of phenols is 2. The van der Waals surface area contributed by atoms with Crippen LogP contribution in [0.5, 0.6) is 11.5 Å². The Kier molecular flexibility index (Phi) is 11.2. The van der Waals surface area contributed by atoms with Crippen LogP contribution >= 0.6 is 11.6 Å². The monoisotopic (exact) mass is 694 g/mol. The number of carbonyl (C=O) groups is 2. The molecule has 0 fully saturated rings. The van der Waals surface area contributed by atoms with E-state index in [2.05, 4.69) is 33.6 Å². The van der Waals surface area contributed by atoms with Crippen molar-refractivity contribution < 1.29 is 29.3 Å². The molecular formula is C37H35ClN6O6. The third-order valence-corrected chi connectivity index (χ3v) is 7.67. The molecule has 2 aromatic heterocycles. The van der Waals surface area contributed by atoms with Crippen LogP contribution in [0.2, 0.25) is 5.02 Å². The fourth-order valence-electron chi connectivity index (χ4n) is 4.87. The van der Waals surface area contributed by atoms with Gasteiger partial charge in [0, 0.05) is 23.1 Å². The highest BCUT2D eigenvalue weighted by Gasteiger charge is 2.14. The Morgan fingerprint density at radius 2 is 1.44 bits per heavy atom. The molecular weight excluding hydrogens is 660 g/mol. The number of carbonyl (C=O) groups excluding carboxylic acids is 2. The van der Waals surface area contributed by atoms with Crippen molar-refractivity contribution in [2.45, 2.75) is 33.1 Å². The van der Waals surface area contributed by atoms with Gasteiger partial charge in [0.25, 0.3) is 0 Å². The molecule has 4 aromatic carbocycles. The Labute approximate surface area is 292 Å². The maximum Gasteiger partial charge on any atom is 0.333 e. The fraction of sp³-hybridized carbons (Fsp3) is 0.189. The molecule has 0 aliphatic rings. The molecule has 6 rings (SSSR count). The summed E-state index contributed by atoms with van der Waals surface area (Å²) in [5.74, 6) is -0.635. The van der Waals surface area contributed by atoms with Crippen molar-refractivity contribution in [1.82, 2.24) is 30.0 Å². The summed E-state index contributed by atoms with van der Waals surface area (Å²) >= 11 is 5.98. The number of aromatic hydroxyl groups is 2. The quantitative estimate of drug-likeness (QED) is 0.0868. The SMILES string of the molecule is C=C(C)C(=O)OCCCc1ccc(O)c(-n2nc3ccc(Cl)cc3n2)c1.C=CC(=O)OCCc1cc(C)c(O)c(-n2nc3ccccc3n2)c1. The second kappa shape index (κ2) is 15.9. The highest BCUT2D eigenvalue weighted by Crippen LogP contribution is 2.28. The highest BCUT2D eigenvalue weighted by atomic mass is 35.5. The summed E-state index contributed by atoms with van der Waals surface area (Å²) in [6.45, 7) is 10.9. The number of aromatic nitrogens is 6. The predicted octanol–water partition coefficient (Wildman–Crippen LogP) is 6.54. The minimum atomic E-state index is -0.453. The molecule has 12 nitrogen and oxygen atoms in total. The maximum atomic E-state index is 11.4. The van der Waals surface area contributed by atoms with E-state index in [1.807, 2.05) is 42.5 Å². The highest BCUT2D eigenvalue weighted by molar-refractivity contribution is 6.31. The molecule has 0 unspecified atom stereocenters. The lowest BCUT2D eigenvalue weighted by Crippen LogP contribution is -2.07. The van der Waals surface area contributed by atoms with Crippen LogP contribution in [0.15, 0.2) is 97.6 Å². The summed E-state index contributed by atoms with van der Waals surface area (Å²) in [5.41, 5.74) is 6.79. The van der Waals surface area contributed by atoms with E-state index in [-0.39, 0.29) is 24.1 Å². The Bertz CT molecular complexity index is 2180. The smallest absolute Gasteiger partial charge is 0.333 e. The van der Waals surface area contributed by atoms with Crippen molar-refractivity contribution >= 4 is 45.6 Å². The minimum Gasteiger partial charge on any atom is -0.506 e. The number of benzene rings is 4. The van der Waals surface area contributed by atoms with Crippen LogP contribution in [-0.4, -0.2) is 65.4 Å². The van der Waals surface area contributed by atoms with Crippen molar-refractivity contribution in [3.63, 3.8) is 0 Å². The number of rotatable bonds is 11. The number of esters is 2. The average molecular weight is 695 g/mol. The van der Waals surface area contributed by atoms with Crippen LogP contribution < -0.4 is 0 Å². The van der Waals surface area contributed by atoms with E-state index in [0.29, 0.717) is 64.4 Å². The van der Waals surface area contributed by atoms with Gasteiger partial charge in [-0.3, -0.25) is 0 Å². The average Bonchev–Trinajstić information content (AvgIpc) is 3.73. The number of nitrogens with zero attached hydrogens (tertiary/aromatic N) is 6. The van der Waals surface area contributed by atoms with Gasteiger partial charge in [0.1, 0.15) is 44.9 Å². The maximum absolute atomic E-state index is 11.4. The molecule has 13 heteroatoms. The van der Waals surface area contributed by atoms with E-state index in [4.69, 9.17) is 21.1 Å². The summed E-state index contributed by atoms with van der Waals surface area (Å²) in [7, 11) is 0. The normalized spacial score (nSPS) is 10.8. The molecule has 0 amide bonds. The van der Waals surface area contributed by atoms with Gasteiger partial charge in [-0.15, -0.1) is 30.0 Å². The Morgan fingerprint density at radius 1 is 0.800 bits per heavy atom. The summed E-state index contributed by atoms with van der Waals surface area (Å²) in [6, 6.07) is 21.6. The van der Waals surface area contributed by atoms with Gasteiger partial charge in [-0.1, -0.05) is 49.0 Å². The number of halogens is 1. The first-order valence-corrected chi connectivity index (χ1v) is 16.0. The lowest BCUT2D eigenvalue weighted by molar-refractivity contribution is -0.139. The van der Waals surface area contributed by atoms with Crippen molar-refractivity contribution in [2.75, 3.05) is 13.2 Å². The molecule has 0 saturated carbocycles. The van der Waals surface area contributed by atoms with Gasteiger partial charge in [0.05, 0.1) is 13.2 Å². The van der Waals surface area contributed by atoms with Gasteiger partial charge in [-0.25, -0.2) is 9.59 Å². The molecule has 2 heterocycles. The fourth-order valence-corrected chi connectivity index (χ4v) is 5.04. The molecule has 0 radical (unpaired) electrons. The summed E-state index contributed by atoms with van der Waals surface area (Å²) in [6.07, 6.45) is 3.00. The van der Waals surface area contributed by atoms with E-state index in [1.54, 1.807) is 44.2 Å². The molecule has 50 heavy (non-hydrogen) atoms. The van der Waals surface area contributed by atoms with Crippen molar-refractivity contribution in [1.29, 1.82) is 0 Å². The second-order valence-electron chi connectivity index (χ2n) is 11.3. The van der Waals surface area contributed by atoms with E-state index in [1.165, 1.54) is 9.59 Å². The van der Waals surface area contributed by atoms with Gasteiger partial charge < -0.3 is 19.7 Å². The number of fused-ring (bicyclic) bond motifs is 2. The number of hydrogen-bond acceptors (Lipinski definition) is 10. The lowest BCUT2D eigenvalue weighted by Gasteiger charge is -2.10. The van der Waals surface area contributed by atoms with Gasteiger partial charge in [-0.2, -0.15) is 0 Å². The molecule has 2 N–H and O–H groups in total. The van der Waals surface area contributed by atoms with Gasteiger partial charge >= 0.3 is 11.9 Å². The molecule has 0 saturated heterocycles. The number of ether oxygens (including phenoxy) is 2. The first-order valence-electron chi connectivity index (χ1n) is 15.6. The molecule has 0 aliphatic carbocycles. The predicted molar refractivity (Wildman–Crippen MR) is 190 cm³/mol. The standard InChI is InChI=1S/C19H18ClN3O3.C18H17N3O3/c1-12(2)19(25)26-9-3-4-13-5-8-18(24)17(10-13)23-21-15-7-6-14(20)11-16(15)22-23;1-3-17(22)24-9-8-13-10-12(2)18(23)16(11-13)21-19-14-6-4-5-7-15(14)20-21/h5-8,10-11,24H,1,3-4,9H2,2H3;3-7,10-11,23H,1,8-9H2,2H3. The zero-order valence-corrected chi connectivity index (χ0v) is 28.3. The Morgan fingerprint density at radius 3 is 2.12 bits per heavy atom. The first-order chi connectivity index (χ1) is 24.0. The van der Waals surface area contributed by atoms with E-state index < -0.39 is 5.97 Å². The third kappa shape index (κ3) is 8.71. The van der Waals surface area contributed by atoms with Crippen molar-refractivity contribution in [3.05, 3.63) is 119 Å². The number of phenolic OH excluding ortho intramolecular Hbond substituents is 2. The Balaban J connectivity index is 0.000000195. The zero-order chi connectivity index (χ0) is 35.8. The topological polar surface area (TPSA) is 154 Å². The van der Waals surface area contributed by atoms with Crippen LogP contribution in [0.3, 0.4) is 0 Å². The second-order valence-corrected chi connectivity index (χ2v) is 11.8. The zero-order valence-electron chi connectivity index (χ0n) is 27.5. The van der Waals surface area contributed by atoms with Crippen molar-refractivity contribution in [3.8, 4) is 22.9 Å². The molecule has 0 aliphatic heterocycles. The van der Waals surface area contributed by atoms with Crippen LogP contribution in [0.4, 0.5) is 0 Å². The van der Waals surface area contributed by atoms with Gasteiger partial charge in [0.2, 0.25) is 0 Å². The van der Waals surface area contributed by atoms with Crippen LogP contribution in [0, 0.1) is 6.92 Å². The molecule has 256 valence electrons. The largest absolute Gasteiger partial charge is 0.506 e. The summed E-state index contributed by atoms with van der Waals surface area (Å²) in [4.78, 5) is 25.3. The van der Waals surface area contributed by atoms with E-state index in [0.717, 1.165) is 28.2 Å². The first kappa shape index (κ1) is 35.3. The van der Waals surface area contributed by atoms with E-state index in [9.17, 15) is 19.8 Å². The molecule has 0 atom stereocenters. The molecule has 0 bridgehead atoms. The van der Waals surface area contributed by atoms with Crippen LogP contribution in [-0.2, 0) is 31.9 Å². The lowest BCUT2D eigenvalue weighted by atomic mass is 10.1. The van der Waals surface area contributed by atoms with Gasteiger partial charge in [0.15, 0.2) is 0 Å². The number of hydrogen-bond donors (Lipinski definition) is 2. The number of aryl methyl sites for hydroxylation is 2.